The predicted molar refractivity (Wildman–Crippen MR) is 71.3 cm³/mol. The maximum absolute atomic E-state index is 11.8. The second kappa shape index (κ2) is 6.01. The molecule has 1 unspecified atom stereocenters. The number of aryl methyl sites for hydroxylation is 1. The predicted octanol–water partition coefficient (Wildman–Crippen LogP) is 1.68. The first-order valence-corrected chi connectivity index (χ1v) is 6.72. The number of hydrogen-bond acceptors (Lipinski definition) is 2. The van der Waals surface area contributed by atoms with Gasteiger partial charge < -0.3 is 10.4 Å². The average molecular weight is 247 g/mol. The largest absolute Gasteiger partial charge is 0.391 e. The van der Waals surface area contributed by atoms with Crippen molar-refractivity contribution in [3.63, 3.8) is 0 Å². The summed E-state index contributed by atoms with van der Waals surface area (Å²) in [6, 6.07) is 8.01. The molecule has 1 fully saturated rings. The summed E-state index contributed by atoms with van der Waals surface area (Å²) in [4.78, 5) is 11.8. The van der Waals surface area contributed by atoms with E-state index in [1.807, 2.05) is 18.2 Å². The van der Waals surface area contributed by atoms with E-state index in [0.29, 0.717) is 18.9 Å². The van der Waals surface area contributed by atoms with Crippen molar-refractivity contribution in [2.75, 3.05) is 6.54 Å². The molecule has 0 aromatic heterocycles. The number of carbonyl (C=O) groups is 1. The van der Waals surface area contributed by atoms with E-state index < -0.39 is 0 Å². The van der Waals surface area contributed by atoms with Gasteiger partial charge in [-0.3, -0.25) is 4.79 Å². The van der Waals surface area contributed by atoms with Gasteiger partial charge >= 0.3 is 0 Å². The molecule has 3 heteroatoms. The molecule has 0 radical (unpaired) electrons. The lowest BCUT2D eigenvalue weighted by molar-refractivity contribution is -0.120. The number of amides is 1. The fourth-order valence-corrected chi connectivity index (χ4v) is 2.18. The number of rotatable bonds is 6. The lowest BCUT2D eigenvalue weighted by Crippen LogP contribution is -2.34. The Morgan fingerprint density at radius 2 is 2.06 bits per heavy atom. The third kappa shape index (κ3) is 3.57. The van der Waals surface area contributed by atoms with Crippen LogP contribution in [-0.4, -0.2) is 23.7 Å². The van der Waals surface area contributed by atoms with Crippen LogP contribution in [0.25, 0.3) is 0 Å². The molecule has 1 aliphatic carbocycles. The van der Waals surface area contributed by atoms with E-state index in [0.717, 1.165) is 24.8 Å². The van der Waals surface area contributed by atoms with Gasteiger partial charge in [-0.25, -0.2) is 0 Å². The van der Waals surface area contributed by atoms with E-state index in [9.17, 15) is 9.90 Å². The highest BCUT2D eigenvalue weighted by atomic mass is 16.3. The summed E-state index contributed by atoms with van der Waals surface area (Å²) >= 11 is 0. The first-order valence-electron chi connectivity index (χ1n) is 6.72. The molecule has 1 aromatic carbocycles. The highest BCUT2D eigenvalue weighted by molar-refractivity contribution is 5.78. The van der Waals surface area contributed by atoms with Gasteiger partial charge in [-0.05, 0) is 36.3 Å². The summed E-state index contributed by atoms with van der Waals surface area (Å²) in [5.74, 6) is 0.406. The number of carbonyl (C=O) groups excluding carboxylic acids is 1. The maximum Gasteiger partial charge on any atom is 0.224 e. The van der Waals surface area contributed by atoms with Crippen LogP contribution < -0.4 is 5.32 Å². The molecule has 1 atom stereocenters. The van der Waals surface area contributed by atoms with Crippen molar-refractivity contribution in [1.82, 2.24) is 5.32 Å². The Labute approximate surface area is 108 Å². The quantitative estimate of drug-likeness (QED) is 0.803. The van der Waals surface area contributed by atoms with Gasteiger partial charge in [0.05, 0.1) is 12.5 Å². The molecule has 0 aliphatic heterocycles. The van der Waals surface area contributed by atoms with Crippen molar-refractivity contribution in [2.45, 2.75) is 38.7 Å². The molecular weight excluding hydrogens is 226 g/mol. The van der Waals surface area contributed by atoms with Crippen LogP contribution in [-0.2, 0) is 17.6 Å². The smallest absolute Gasteiger partial charge is 0.224 e. The molecule has 18 heavy (non-hydrogen) atoms. The number of hydrogen-bond donors (Lipinski definition) is 2. The second-order valence-corrected chi connectivity index (χ2v) is 5.01. The van der Waals surface area contributed by atoms with Crippen LogP contribution in [0.15, 0.2) is 24.3 Å². The lowest BCUT2D eigenvalue weighted by atomic mass is 10.0. The molecule has 0 bridgehead atoms. The Morgan fingerprint density at radius 3 is 2.67 bits per heavy atom. The van der Waals surface area contributed by atoms with Gasteiger partial charge in [0, 0.05) is 6.54 Å². The number of aliphatic hydroxyl groups is 1. The lowest BCUT2D eigenvalue weighted by Gasteiger charge is -2.12. The van der Waals surface area contributed by atoms with Crippen molar-refractivity contribution < 1.29 is 9.90 Å². The monoisotopic (exact) mass is 247 g/mol. The van der Waals surface area contributed by atoms with E-state index in [1.54, 1.807) is 0 Å². The van der Waals surface area contributed by atoms with Crippen molar-refractivity contribution >= 4 is 5.91 Å². The van der Waals surface area contributed by atoms with Crippen molar-refractivity contribution in [3.8, 4) is 0 Å². The zero-order chi connectivity index (χ0) is 13.0. The first kappa shape index (κ1) is 13.1. The minimum atomic E-state index is -0.365. The van der Waals surface area contributed by atoms with E-state index in [1.165, 1.54) is 5.56 Å². The van der Waals surface area contributed by atoms with Crippen LogP contribution in [0.1, 0.15) is 30.9 Å². The highest BCUT2D eigenvalue weighted by Gasteiger charge is 2.29. The third-order valence-corrected chi connectivity index (χ3v) is 3.52. The molecule has 3 nitrogen and oxygen atoms in total. The van der Waals surface area contributed by atoms with Gasteiger partial charge in [-0.1, -0.05) is 31.2 Å². The minimum Gasteiger partial charge on any atom is -0.391 e. The average Bonchev–Trinajstić information content (AvgIpc) is 3.21. The van der Waals surface area contributed by atoms with Crippen molar-refractivity contribution in [1.29, 1.82) is 0 Å². The van der Waals surface area contributed by atoms with Gasteiger partial charge in [0.2, 0.25) is 5.91 Å². The molecule has 2 rings (SSSR count). The molecule has 98 valence electrons. The van der Waals surface area contributed by atoms with Crippen LogP contribution in [0.4, 0.5) is 0 Å². The molecule has 1 aromatic rings. The Balaban J connectivity index is 1.82. The minimum absolute atomic E-state index is 0.00407. The Kier molecular flexibility index (Phi) is 4.37. The summed E-state index contributed by atoms with van der Waals surface area (Å²) in [6.07, 6.45) is 3.16. The van der Waals surface area contributed by atoms with Crippen LogP contribution in [0.2, 0.25) is 0 Å². The van der Waals surface area contributed by atoms with E-state index in [2.05, 4.69) is 18.3 Å². The molecule has 2 N–H and O–H groups in total. The summed E-state index contributed by atoms with van der Waals surface area (Å²) in [5, 5.41) is 12.5. The third-order valence-electron chi connectivity index (χ3n) is 3.52. The van der Waals surface area contributed by atoms with Crippen molar-refractivity contribution in [3.05, 3.63) is 35.4 Å². The number of nitrogens with one attached hydrogen (secondary N) is 1. The van der Waals surface area contributed by atoms with Crippen LogP contribution in [0.5, 0.6) is 0 Å². The van der Waals surface area contributed by atoms with E-state index in [4.69, 9.17) is 0 Å². The zero-order valence-electron chi connectivity index (χ0n) is 10.9. The fraction of sp³-hybridized carbons (Fsp3) is 0.533. The normalized spacial score (nSPS) is 16.3. The van der Waals surface area contributed by atoms with Gasteiger partial charge in [0.25, 0.3) is 0 Å². The van der Waals surface area contributed by atoms with Crippen LogP contribution in [0.3, 0.4) is 0 Å². The van der Waals surface area contributed by atoms with E-state index >= 15 is 0 Å². The second-order valence-electron chi connectivity index (χ2n) is 5.01. The molecule has 1 aliphatic rings. The van der Waals surface area contributed by atoms with Gasteiger partial charge in [-0.2, -0.15) is 0 Å². The fourth-order valence-electron chi connectivity index (χ4n) is 2.18. The Morgan fingerprint density at radius 1 is 1.39 bits per heavy atom. The number of benzene rings is 1. The van der Waals surface area contributed by atoms with Crippen LogP contribution in [0, 0.1) is 5.92 Å². The molecular formula is C15H21NO2. The van der Waals surface area contributed by atoms with Crippen molar-refractivity contribution in [2.24, 2.45) is 5.92 Å². The summed E-state index contributed by atoms with van der Waals surface area (Å²) in [6.45, 7) is 2.48. The molecule has 1 saturated carbocycles. The number of aliphatic hydroxyl groups excluding tert-OH is 1. The topological polar surface area (TPSA) is 49.3 Å². The first-order chi connectivity index (χ1) is 8.70. The van der Waals surface area contributed by atoms with Gasteiger partial charge in [0.1, 0.15) is 0 Å². The molecule has 0 heterocycles. The van der Waals surface area contributed by atoms with Gasteiger partial charge in [-0.15, -0.1) is 0 Å². The SMILES string of the molecule is CCc1ccccc1CC(=O)NCC(O)C1CC1. The standard InChI is InChI=1S/C15H21NO2/c1-2-11-5-3-4-6-13(11)9-15(18)16-10-14(17)12-7-8-12/h3-6,12,14,17H,2,7-10H2,1H3,(H,16,18). The summed E-state index contributed by atoms with van der Waals surface area (Å²) in [7, 11) is 0. The Bertz CT molecular complexity index is 413. The summed E-state index contributed by atoms with van der Waals surface area (Å²) in [5.41, 5.74) is 2.30. The highest BCUT2D eigenvalue weighted by Crippen LogP contribution is 2.32. The zero-order valence-corrected chi connectivity index (χ0v) is 10.9. The van der Waals surface area contributed by atoms with E-state index in [-0.39, 0.29) is 12.0 Å². The van der Waals surface area contributed by atoms with Crippen LogP contribution >= 0.6 is 0 Å². The summed E-state index contributed by atoms with van der Waals surface area (Å²) < 4.78 is 0. The Hall–Kier alpha value is -1.35. The maximum atomic E-state index is 11.8. The molecule has 0 saturated heterocycles. The van der Waals surface area contributed by atoms with Gasteiger partial charge in [0.15, 0.2) is 0 Å². The molecule has 1 amide bonds. The molecule has 0 spiro atoms.